The van der Waals surface area contributed by atoms with Crippen LogP contribution in [-0.2, 0) is 4.79 Å². The van der Waals surface area contributed by atoms with Crippen molar-refractivity contribution in [2.24, 2.45) is 0 Å². The normalized spacial score (nSPS) is 11.8. The minimum Gasteiger partial charge on any atom is -0.497 e. The summed E-state index contributed by atoms with van der Waals surface area (Å²) in [6.07, 6.45) is 3.03. The first-order valence-electron chi connectivity index (χ1n) is 7.71. The second-order valence-electron chi connectivity index (χ2n) is 5.35. The fourth-order valence-electron chi connectivity index (χ4n) is 2.33. The van der Waals surface area contributed by atoms with Crippen molar-refractivity contribution in [3.8, 4) is 11.5 Å². The van der Waals surface area contributed by atoms with Gasteiger partial charge in [0.15, 0.2) is 0 Å². The zero-order valence-electron chi connectivity index (χ0n) is 13.7. The predicted molar refractivity (Wildman–Crippen MR) is 86.5 cm³/mol. The highest BCUT2D eigenvalue weighted by atomic mass is 16.5. The van der Waals surface area contributed by atoms with Crippen LogP contribution in [0.25, 0.3) is 0 Å². The summed E-state index contributed by atoms with van der Waals surface area (Å²) in [5.41, 5.74) is 0.999. The van der Waals surface area contributed by atoms with Gasteiger partial charge in [0.25, 0.3) is 0 Å². The molecule has 0 spiro atoms. The molecule has 124 valence electrons. The van der Waals surface area contributed by atoms with E-state index in [1.54, 1.807) is 14.2 Å². The zero-order chi connectivity index (χ0) is 16.4. The Morgan fingerprint density at radius 1 is 1.23 bits per heavy atom. The molecule has 0 saturated carbocycles. The number of methoxy groups -OCH3 is 2. The number of aliphatic hydroxyl groups is 1. The smallest absolute Gasteiger partial charge is 0.220 e. The first kappa shape index (κ1) is 18.3. The number of carbonyl (C=O) groups is 1. The summed E-state index contributed by atoms with van der Waals surface area (Å²) in [6, 6.07) is 5.65. The number of rotatable bonds is 10. The predicted octanol–water partition coefficient (Wildman–Crippen LogP) is 2.48. The van der Waals surface area contributed by atoms with Crippen molar-refractivity contribution >= 4 is 5.91 Å². The third-order valence-corrected chi connectivity index (χ3v) is 3.62. The van der Waals surface area contributed by atoms with E-state index in [0.717, 1.165) is 36.3 Å². The van der Waals surface area contributed by atoms with Crippen LogP contribution in [0.5, 0.6) is 11.5 Å². The summed E-state index contributed by atoms with van der Waals surface area (Å²) in [6.45, 7) is 2.88. The molecule has 0 saturated heterocycles. The van der Waals surface area contributed by atoms with Gasteiger partial charge in [-0.1, -0.05) is 13.0 Å². The number of nitrogens with one attached hydrogen (secondary N) is 1. The van der Waals surface area contributed by atoms with Crippen LogP contribution in [0.1, 0.15) is 44.1 Å². The van der Waals surface area contributed by atoms with E-state index in [2.05, 4.69) is 5.32 Å². The Balaban J connectivity index is 2.50. The molecule has 0 fully saturated rings. The van der Waals surface area contributed by atoms with Gasteiger partial charge in [0.2, 0.25) is 5.91 Å². The molecule has 1 amide bonds. The van der Waals surface area contributed by atoms with Gasteiger partial charge in [-0.15, -0.1) is 0 Å². The van der Waals surface area contributed by atoms with Crippen LogP contribution in [0.15, 0.2) is 18.2 Å². The molecule has 0 aliphatic carbocycles. The van der Waals surface area contributed by atoms with Crippen molar-refractivity contribution in [2.75, 3.05) is 27.4 Å². The highest BCUT2D eigenvalue weighted by molar-refractivity contribution is 5.77. The van der Waals surface area contributed by atoms with E-state index in [4.69, 9.17) is 14.6 Å². The molecule has 0 aliphatic heterocycles. The van der Waals surface area contributed by atoms with Gasteiger partial charge < -0.3 is 19.9 Å². The summed E-state index contributed by atoms with van der Waals surface area (Å²) < 4.78 is 10.6. The van der Waals surface area contributed by atoms with Crippen LogP contribution in [0.2, 0.25) is 0 Å². The van der Waals surface area contributed by atoms with Crippen molar-refractivity contribution in [2.45, 2.75) is 38.5 Å². The lowest BCUT2D eigenvalue weighted by Crippen LogP contribution is -2.25. The Morgan fingerprint density at radius 3 is 2.64 bits per heavy atom. The van der Waals surface area contributed by atoms with Gasteiger partial charge in [0.1, 0.15) is 11.5 Å². The van der Waals surface area contributed by atoms with Crippen molar-refractivity contribution in [1.29, 1.82) is 0 Å². The Bertz CT molecular complexity index is 462. The van der Waals surface area contributed by atoms with Crippen molar-refractivity contribution in [3.05, 3.63) is 23.8 Å². The molecule has 0 aliphatic rings. The molecule has 0 bridgehead atoms. The first-order chi connectivity index (χ1) is 10.6. The van der Waals surface area contributed by atoms with E-state index in [9.17, 15) is 4.79 Å². The zero-order valence-corrected chi connectivity index (χ0v) is 13.7. The van der Waals surface area contributed by atoms with E-state index in [0.29, 0.717) is 13.0 Å². The summed E-state index contributed by atoms with van der Waals surface area (Å²) in [5.74, 6) is 1.58. The monoisotopic (exact) mass is 309 g/mol. The number of amides is 1. The fraction of sp³-hybridized carbons (Fsp3) is 0.588. The molecule has 1 aromatic rings. The van der Waals surface area contributed by atoms with Crippen LogP contribution in [0.3, 0.4) is 0 Å². The largest absolute Gasteiger partial charge is 0.497 e. The van der Waals surface area contributed by atoms with Gasteiger partial charge in [-0.25, -0.2) is 0 Å². The van der Waals surface area contributed by atoms with Crippen molar-refractivity contribution in [1.82, 2.24) is 5.32 Å². The third-order valence-electron chi connectivity index (χ3n) is 3.62. The Hall–Kier alpha value is -1.75. The summed E-state index contributed by atoms with van der Waals surface area (Å²) in [4.78, 5) is 12.0. The molecular weight excluding hydrogens is 282 g/mol. The van der Waals surface area contributed by atoms with Gasteiger partial charge in [-0.2, -0.15) is 0 Å². The number of benzene rings is 1. The molecule has 1 atom stereocenters. The minimum atomic E-state index is 0.0365. The molecule has 0 aromatic heterocycles. The van der Waals surface area contributed by atoms with E-state index >= 15 is 0 Å². The SMILES string of the molecule is COc1ccc(C(C)CC(=O)NCCCCCO)c(OC)c1. The fourth-order valence-corrected chi connectivity index (χ4v) is 2.33. The standard InChI is InChI=1S/C17H27NO4/c1-13(11-17(20)18-9-5-4-6-10-19)15-8-7-14(21-2)12-16(15)22-3/h7-8,12-13,19H,4-6,9-11H2,1-3H3,(H,18,20). The first-order valence-corrected chi connectivity index (χ1v) is 7.71. The molecule has 2 N–H and O–H groups in total. The molecule has 0 heterocycles. The molecule has 5 heteroatoms. The average molecular weight is 309 g/mol. The van der Waals surface area contributed by atoms with Gasteiger partial charge in [0, 0.05) is 25.6 Å². The van der Waals surface area contributed by atoms with E-state index in [1.165, 1.54) is 0 Å². The number of hydrogen-bond acceptors (Lipinski definition) is 4. The average Bonchev–Trinajstić information content (AvgIpc) is 2.53. The number of aliphatic hydroxyl groups excluding tert-OH is 1. The lowest BCUT2D eigenvalue weighted by Gasteiger charge is -2.16. The maximum absolute atomic E-state index is 12.0. The quantitative estimate of drug-likeness (QED) is 0.652. The summed E-state index contributed by atoms with van der Waals surface area (Å²) in [7, 11) is 3.23. The summed E-state index contributed by atoms with van der Waals surface area (Å²) >= 11 is 0. The third kappa shape index (κ3) is 5.93. The van der Waals surface area contributed by atoms with Crippen molar-refractivity contribution in [3.63, 3.8) is 0 Å². The molecule has 22 heavy (non-hydrogen) atoms. The van der Waals surface area contributed by atoms with E-state index < -0.39 is 0 Å². The minimum absolute atomic E-state index is 0.0365. The molecule has 1 rings (SSSR count). The van der Waals surface area contributed by atoms with Crippen LogP contribution >= 0.6 is 0 Å². The van der Waals surface area contributed by atoms with Gasteiger partial charge in [0.05, 0.1) is 14.2 Å². The van der Waals surface area contributed by atoms with Gasteiger partial charge in [-0.3, -0.25) is 4.79 Å². The van der Waals surface area contributed by atoms with E-state index in [-0.39, 0.29) is 18.4 Å². The lowest BCUT2D eigenvalue weighted by molar-refractivity contribution is -0.121. The molecule has 1 aromatic carbocycles. The summed E-state index contributed by atoms with van der Waals surface area (Å²) in [5, 5.41) is 11.6. The number of hydrogen-bond donors (Lipinski definition) is 2. The maximum atomic E-state index is 12.0. The lowest BCUT2D eigenvalue weighted by atomic mass is 9.96. The Morgan fingerprint density at radius 2 is 2.00 bits per heavy atom. The van der Waals surface area contributed by atoms with Gasteiger partial charge in [-0.05, 0) is 36.8 Å². The molecule has 0 radical (unpaired) electrons. The maximum Gasteiger partial charge on any atom is 0.220 e. The van der Waals surface area contributed by atoms with Crippen LogP contribution in [0.4, 0.5) is 0 Å². The van der Waals surface area contributed by atoms with Gasteiger partial charge >= 0.3 is 0 Å². The molecule has 5 nitrogen and oxygen atoms in total. The number of ether oxygens (including phenoxy) is 2. The highest BCUT2D eigenvalue weighted by Gasteiger charge is 2.15. The van der Waals surface area contributed by atoms with Crippen molar-refractivity contribution < 1.29 is 19.4 Å². The van der Waals surface area contributed by atoms with Crippen LogP contribution in [-0.4, -0.2) is 38.4 Å². The second-order valence-corrected chi connectivity index (χ2v) is 5.35. The highest BCUT2D eigenvalue weighted by Crippen LogP contribution is 2.32. The number of unbranched alkanes of at least 4 members (excludes halogenated alkanes) is 2. The molecule has 1 unspecified atom stereocenters. The van der Waals surface area contributed by atoms with Crippen LogP contribution in [0, 0.1) is 0 Å². The Labute approximate surface area is 132 Å². The second kappa shape index (κ2) is 10.1. The topological polar surface area (TPSA) is 67.8 Å². The Kier molecular flexibility index (Phi) is 8.36. The van der Waals surface area contributed by atoms with E-state index in [1.807, 2.05) is 25.1 Å². The molecular formula is C17H27NO4. The van der Waals surface area contributed by atoms with Crippen LogP contribution < -0.4 is 14.8 Å². The number of carbonyl (C=O) groups excluding carboxylic acids is 1.